The molecule has 0 aromatic heterocycles. The number of carbonyl (C=O) groups excluding carboxylic acids is 2. The van der Waals surface area contributed by atoms with E-state index in [9.17, 15) is 9.59 Å². The summed E-state index contributed by atoms with van der Waals surface area (Å²) in [5.41, 5.74) is 1.91. The summed E-state index contributed by atoms with van der Waals surface area (Å²) in [4.78, 5) is 26.4. The van der Waals surface area contributed by atoms with Gasteiger partial charge in [-0.25, -0.2) is 0 Å². The molecule has 1 aromatic rings. The molecule has 0 unspecified atom stereocenters. The lowest BCUT2D eigenvalue weighted by atomic mass is 9.93. The van der Waals surface area contributed by atoms with Gasteiger partial charge >= 0.3 is 0 Å². The number of amides is 2. The Morgan fingerprint density at radius 3 is 2.52 bits per heavy atom. The first-order valence-electron chi connectivity index (χ1n) is 9.63. The maximum absolute atomic E-state index is 12.1. The maximum Gasteiger partial charge on any atom is 0.243 e. The SMILES string of the molecule is CCc1ccccc1NC(=O)CNC(=O)CN1CCC(CCNC)CC1.Cl. The number of nitrogens with zero attached hydrogens (tertiary/aromatic N) is 1. The zero-order valence-corrected chi connectivity index (χ0v) is 17.2. The van der Waals surface area contributed by atoms with E-state index in [1.165, 1.54) is 6.42 Å². The van der Waals surface area contributed by atoms with E-state index in [1.54, 1.807) is 0 Å². The summed E-state index contributed by atoms with van der Waals surface area (Å²) in [5.74, 6) is 0.480. The molecule has 2 rings (SSSR count). The van der Waals surface area contributed by atoms with Gasteiger partial charge in [-0.15, -0.1) is 12.4 Å². The maximum atomic E-state index is 12.1. The van der Waals surface area contributed by atoms with Crippen LogP contribution >= 0.6 is 12.4 Å². The molecule has 1 aliphatic heterocycles. The molecule has 27 heavy (non-hydrogen) atoms. The fourth-order valence-corrected chi connectivity index (χ4v) is 3.36. The van der Waals surface area contributed by atoms with Gasteiger partial charge in [0.15, 0.2) is 0 Å². The summed E-state index contributed by atoms with van der Waals surface area (Å²) >= 11 is 0. The number of likely N-dealkylation sites (tertiary alicyclic amines) is 1. The van der Waals surface area contributed by atoms with E-state index in [1.807, 2.05) is 31.3 Å². The Balaban J connectivity index is 0.00000364. The Morgan fingerprint density at radius 2 is 1.85 bits per heavy atom. The van der Waals surface area contributed by atoms with Crippen LogP contribution in [0.1, 0.15) is 31.7 Å². The van der Waals surface area contributed by atoms with Crippen molar-refractivity contribution in [3.63, 3.8) is 0 Å². The summed E-state index contributed by atoms with van der Waals surface area (Å²) in [6, 6.07) is 7.73. The molecule has 7 heteroatoms. The molecular weight excluding hydrogens is 364 g/mol. The first kappa shape index (κ1) is 23.4. The normalized spacial score (nSPS) is 15.0. The van der Waals surface area contributed by atoms with Crippen molar-refractivity contribution in [2.45, 2.75) is 32.6 Å². The fraction of sp³-hybridized carbons (Fsp3) is 0.600. The van der Waals surface area contributed by atoms with Gasteiger partial charge in [0.25, 0.3) is 0 Å². The number of hydrogen-bond acceptors (Lipinski definition) is 4. The molecule has 1 fully saturated rings. The van der Waals surface area contributed by atoms with Gasteiger partial charge in [-0.3, -0.25) is 14.5 Å². The molecule has 2 amide bonds. The van der Waals surface area contributed by atoms with Gasteiger partial charge in [-0.1, -0.05) is 25.1 Å². The van der Waals surface area contributed by atoms with Crippen molar-refractivity contribution in [2.24, 2.45) is 5.92 Å². The number of anilines is 1. The van der Waals surface area contributed by atoms with Crippen LogP contribution in [-0.2, 0) is 16.0 Å². The average molecular weight is 397 g/mol. The molecule has 1 aliphatic rings. The smallest absolute Gasteiger partial charge is 0.243 e. The third-order valence-corrected chi connectivity index (χ3v) is 5.00. The van der Waals surface area contributed by atoms with Crippen LogP contribution in [-0.4, -0.2) is 56.5 Å². The quantitative estimate of drug-likeness (QED) is 0.597. The third-order valence-electron chi connectivity index (χ3n) is 5.00. The Kier molecular flexibility index (Phi) is 11.0. The predicted molar refractivity (Wildman–Crippen MR) is 112 cm³/mol. The summed E-state index contributed by atoms with van der Waals surface area (Å²) in [6.07, 6.45) is 4.34. The zero-order valence-electron chi connectivity index (χ0n) is 16.4. The number of nitrogens with one attached hydrogen (secondary N) is 3. The molecule has 6 nitrogen and oxygen atoms in total. The van der Waals surface area contributed by atoms with Gasteiger partial charge in [0, 0.05) is 5.69 Å². The lowest BCUT2D eigenvalue weighted by Crippen LogP contribution is -2.43. The van der Waals surface area contributed by atoms with Crippen molar-refractivity contribution < 1.29 is 9.59 Å². The van der Waals surface area contributed by atoms with Crippen LogP contribution in [0, 0.1) is 5.92 Å². The highest BCUT2D eigenvalue weighted by Gasteiger charge is 2.20. The number of para-hydroxylation sites is 1. The monoisotopic (exact) mass is 396 g/mol. The molecular formula is C20H33ClN4O2. The van der Waals surface area contributed by atoms with Crippen LogP contribution in [0.4, 0.5) is 5.69 Å². The van der Waals surface area contributed by atoms with E-state index in [0.717, 1.165) is 56.1 Å². The van der Waals surface area contributed by atoms with E-state index in [2.05, 4.69) is 27.8 Å². The number of hydrogen-bond donors (Lipinski definition) is 3. The van der Waals surface area contributed by atoms with Crippen LogP contribution in [0.5, 0.6) is 0 Å². The molecule has 0 atom stereocenters. The van der Waals surface area contributed by atoms with Crippen molar-refractivity contribution in [2.75, 3.05) is 45.1 Å². The molecule has 0 bridgehead atoms. The Bertz CT molecular complexity index is 589. The van der Waals surface area contributed by atoms with E-state index in [-0.39, 0.29) is 30.8 Å². The molecule has 152 valence electrons. The van der Waals surface area contributed by atoms with Crippen LogP contribution in [0.25, 0.3) is 0 Å². The lowest BCUT2D eigenvalue weighted by molar-refractivity contribution is -0.125. The predicted octanol–water partition coefficient (Wildman–Crippen LogP) is 2.05. The summed E-state index contributed by atoms with van der Waals surface area (Å²) < 4.78 is 0. The summed E-state index contributed by atoms with van der Waals surface area (Å²) in [7, 11) is 1.98. The van der Waals surface area contributed by atoms with Crippen molar-refractivity contribution in [3.05, 3.63) is 29.8 Å². The molecule has 1 saturated heterocycles. The van der Waals surface area contributed by atoms with E-state index >= 15 is 0 Å². The summed E-state index contributed by atoms with van der Waals surface area (Å²) in [5, 5.41) is 8.80. The fourth-order valence-electron chi connectivity index (χ4n) is 3.36. The molecule has 0 aliphatic carbocycles. The number of carbonyl (C=O) groups is 2. The number of benzene rings is 1. The van der Waals surface area contributed by atoms with E-state index < -0.39 is 0 Å². The molecule has 0 spiro atoms. The van der Waals surface area contributed by atoms with Crippen molar-refractivity contribution in [1.29, 1.82) is 0 Å². The van der Waals surface area contributed by atoms with Crippen LogP contribution < -0.4 is 16.0 Å². The Hall–Kier alpha value is -1.63. The van der Waals surface area contributed by atoms with Gasteiger partial charge in [0.2, 0.25) is 11.8 Å². The highest BCUT2D eigenvalue weighted by molar-refractivity contribution is 5.95. The molecule has 0 radical (unpaired) electrons. The van der Waals surface area contributed by atoms with Gasteiger partial charge in [0.1, 0.15) is 0 Å². The molecule has 0 saturated carbocycles. The van der Waals surface area contributed by atoms with Gasteiger partial charge < -0.3 is 16.0 Å². The highest BCUT2D eigenvalue weighted by atomic mass is 35.5. The Morgan fingerprint density at radius 1 is 1.15 bits per heavy atom. The van der Waals surface area contributed by atoms with Crippen molar-refractivity contribution in [1.82, 2.24) is 15.5 Å². The third kappa shape index (κ3) is 8.28. The van der Waals surface area contributed by atoms with Crippen LogP contribution in [0.2, 0.25) is 0 Å². The van der Waals surface area contributed by atoms with Gasteiger partial charge in [0.05, 0.1) is 13.1 Å². The minimum absolute atomic E-state index is 0. The van der Waals surface area contributed by atoms with Crippen molar-refractivity contribution in [3.8, 4) is 0 Å². The van der Waals surface area contributed by atoms with E-state index in [0.29, 0.717) is 6.54 Å². The Labute approximate surface area is 168 Å². The molecule has 1 heterocycles. The largest absolute Gasteiger partial charge is 0.346 e. The minimum atomic E-state index is -0.190. The molecule has 3 N–H and O–H groups in total. The van der Waals surface area contributed by atoms with Crippen molar-refractivity contribution >= 4 is 29.9 Å². The minimum Gasteiger partial charge on any atom is -0.346 e. The lowest BCUT2D eigenvalue weighted by Gasteiger charge is -2.31. The number of aryl methyl sites for hydroxylation is 1. The number of rotatable bonds is 9. The summed E-state index contributed by atoms with van der Waals surface area (Å²) in [6.45, 7) is 5.40. The van der Waals surface area contributed by atoms with Crippen LogP contribution in [0.15, 0.2) is 24.3 Å². The second-order valence-corrected chi connectivity index (χ2v) is 6.95. The highest BCUT2D eigenvalue weighted by Crippen LogP contribution is 2.19. The van der Waals surface area contributed by atoms with E-state index in [4.69, 9.17) is 0 Å². The average Bonchev–Trinajstić information content (AvgIpc) is 2.66. The number of piperidine rings is 1. The first-order valence-corrected chi connectivity index (χ1v) is 9.63. The zero-order chi connectivity index (χ0) is 18.8. The van der Waals surface area contributed by atoms with Crippen LogP contribution in [0.3, 0.4) is 0 Å². The molecule has 1 aromatic carbocycles. The second-order valence-electron chi connectivity index (χ2n) is 6.95. The van der Waals surface area contributed by atoms with Gasteiger partial charge in [-0.05, 0) is 69.9 Å². The second kappa shape index (κ2) is 12.7. The topological polar surface area (TPSA) is 73.5 Å². The van der Waals surface area contributed by atoms with Gasteiger partial charge in [-0.2, -0.15) is 0 Å². The first-order chi connectivity index (χ1) is 12.6. The standard InChI is InChI=1S/C20H32N4O2.ClH/c1-3-17-6-4-5-7-18(17)23-19(25)14-22-20(26)15-24-12-9-16(10-13-24)8-11-21-2;/h4-7,16,21H,3,8-15H2,1-2H3,(H,22,26)(H,23,25);1H. The number of halogens is 1.